The third-order valence-electron chi connectivity index (χ3n) is 3.76. The molecular weight excluding hydrogens is 335 g/mol. The van der Waals surface area contributed by atoms with Gasteiger partial charge in [-0.2, -0.15) is 0 Å². The summed E-state index contributed by atoms with van der Waals surface area (Å²) in [7, 11) is 0. The van der Waals surface area contributed by atoms with Crippen LogP contribution in [0.15, 0.2) is 42.5 Å². The Labute approximate surface area is 141 Å². The first kappa shape index (κ1) is 16.8. The van der Waals surface area contributed by atoms with Crippen LogP contribution in [0.4, 0.5) is 29.3 Å². The molecule has 1 saturated heterocycles. The van der Waals surface area contributed by atoms with E-state index in [9.17, 15) is 22.8 Å². The molecule has 0 spiro atoms. The van der Waals surface area contributed by atoms with Crippen molar-refractivity contribution >= 4 is 23.3 Å². The van der Waals surface area contributed by atoms with Crippen molar-refractivity contribution < 1.29 is 22.8 Å². The summed E-state index contributed by atoms with van der Waals surface area (Å²) in [6.07, 6.45) is 0.0573. The molecule has 1 atom stereocenters. The standard InChI is InChI=1S/C17H14F3N3O2/c18-10-2-1-3-13(6-10)23-9-12(8-16(23)24)22-17(25)21-11-4-5-14(19)15(20)7-11/h1-7,12H,8-9H2,(H2,21,22,25)/t12-/m0/s1. The van der Waals surface area contributed by atoms with Crippen LogP contribution in [-0.4, -0.2) is 24.5 Å². The molecule has 0 bridgehead atoms. The van der Waals surface area contributed by atoms with Crippen molar-refractivity contribution in [3.63, 3.8) is 0 Å². The maximum absolute atomic E-state index is 13.3. The third-order valence-corrected chi connectivity index (χ3v) is 3.76. The average Bonchev–Trinajstić information content (AvgIpc) is 2.91. The lowest BCUT2D eigenvalue weighted by molar-refractivity contribution is -0.117. The van der Waals surface area contributed by atoms with Crippen LogP contribution in [0.3, 0.4) is 0 Å². The van der Waals surface area contributed by atoms with Crippen molar-refractivity contribution in [2.24, 2.45) is 0 Å². The minimum Gasteiger partial charge on any atom is -0.333 e. The van der Waals surface area contributed by atoms with Crippen LogP contribution >= 0.6 is 0 Å². The summed E-state index contributed by atoms with van der Waals surface area (Å²) in [6.45, 7) is 0.188. The van der Waals surface area contributed by atoms with Crippen LogP contribution in [-0.2, 0) is 4.79 Å². The number of halogens is 3. The van der Waals surface area contributed by atoms with E-state index in [1.165, 1.54) is 29.2 Å². The monoisotopic (exact) mass is 349 g/mol. The van der Waals surface area contributed by atoms with E-state index in [1.807, 2.05) is 0 Å². The summed E-state index contributed by atoms with van der Waals surface area (Å²) < 4.78 is 39.3. The van der Waals surface area contributed by atoms with E-state index >= 15 is 0 Å². The maximum atomic E-state index is 13.3. The second-order valence-electron chi connectivity index (χ2n) is 5.61. The smallest absolute Gasteiger partial charge is 0.319 e. The number of hydrogen-bond acceptors (Lipinski definition) is 2. The number of amides is 3. The molecule has 2 aromatic carbocycles. The predicted octanol–water partition coefficient (Wildman–Crippen LogP) is 3.03. The number of nitrogens with zero attached hydrogens (tertiary/aromatic N) is 1. The van der Waals surface area contributed by atoms with Gasteiger partial charge >= 0.3 is 6.03 Å². The van der Waals surface area contributed by atoms with Crippen LogP contribution in [0.2, 0.25) is 0 Å². The maximum Gasteiger partial charge on any atom is 0.319 e. The van der Waals surface area contributed by atoms with Crippen LogP contribution in [0.1, 0.15) is 6.42 Å². The van der Waals surface area contributed by atoms with Gasteiger partial charge in [0.25, 0.3) is 0 Å². The summed E-state index contributed by atoms with van der Waals surface area (Å²) in [5.74, 6) is -2.80. The van der Waals surface area contributed by atoms with Crippen molar-refractivity contribution in [2.75, 3.05) is 16.8 Å². The van der Waals surface area contributed by atoms with Crippen LogP contribution in [0, 0.1) is 17.5 Å². The number of anilines is 2. The minimum atomic E-state index is -1.08. The van der Waals surface area contributed by atoms with Gasteiger partial charge < -0.3 is 15.5 Å². The summed E-state index contributed by atoms with van der Waals surface area (Å²) in [6, 6.07) is 7.45. The molecule has 130 valence electrons. The number of nitrogens with one attached hydrogen (secondary N) is 2. The molecule has 3 rings (SSSR count). The normalized spacial score (nSPS) is 16.8. The zero-order chi connectivity index (χ0) is 18.0. The van der Waals surface area contributed by atoms with Crippen LogP contribution in [0.5, 0.6) is 0 Å². The van der Waals surface area contributed by atoms with E-state index in [-0.39, 0.29) is 24.6 Å². The molecule has 8 heteroatoms. The van der Waals surface area contributed by atoms with Gasteiger partial charge in [-0.1, -0.05) is 6.07 Å². The number of carbonyl (C=O) groups is 2. The molecule has 0 aliphatic carbocycles. The highest BCUT2D eigenvalue weighted by atomic mass is 19.2. The van der Waals surface area contributed by atoms with E-state index in [4.69, 9.17) is 0 Å². The molecule has 0 saturated carbocycles. The number of urea groups is 1. The minimum absolute atomic E-state index is 0.0573. The molecule has 0 unspecified atom stereocenters. The Morgan fingerprint density at radius 3 is 2.60 bits per heavy atom. The van der Waals surface area contributed by atoms with Crippen LogP contribution in [0.25, 0.3) is 0 Å². The van der Waals surface area contributed by atoms with Gasteiger partial charge in [0.1, 0.15) is 5.82 Å². The topological polar surface area (TPSA) is 61.4 Å². The molecule has 2 aromatic rings. The molecule has 1 fully saturated rings. The van der Waals surface area contributed by atoms with Gasteiger partial charge in [0, 0.05) is 30.4 Å². The quantitative estimate of drug-likeness (QED) is 0.895. The fourth-order valence-corrected chi connectivity index (χ4v) is 2.62. The molecule has 1 heterocycles. The van der Waals surface area contributed by atoms with E-state index < -0.39 is 29.5 Å². The van der Waals surface area contributed by atoms with Gasteiger partial charge in [0.2, 0.25) is 5.91 Å². The molecule has 2 N–H and O–H groups in total. The van der Waals surface area contributed by atoms with Crippen molar-refractivity contribution in [3.8, 4) is 0 Å². The lowest BCUT2D eigenvalue weighted by atomic mass is 10.2. The molecular formula is C17H14F3N3O2. The van der Waals surface area contributed by atoms with Crippen molar-refractivity contribution in [3.05, 3.63) is 59.9 Å². The van der Waals surface area contributed by atoms with Gasteiger partial charge in [-0.25, -0.2) is 18.0 Å². The molecule has 0 radical (unpaired) electrons. The Hall–Kier alpha value is -3.03. The van der Waals surface area contributed by atoms with E-state index in [1.54, 1.807) is 6.07 Å². The van der Waals surface area contributed by atoms with Gasteiger partial charge in [-0.3, -0.25) is 4.79 Å². The fourth-order valence-electron chi connectivity index (χ4n) is 2.62. The Morgan fingerprint density at radius 2 is 1.88 bits per heavy atom. The van der Waals surface area contributed by atoms with Gasteiger partial charge in [0.15, 0.2) is 11.6 Å². The number of benzene rings is 2. The summed E-state index contributed by atoms with van der Waals surface area (Å²) in [4.78, 5) is 25.4. The molecule has 0 aromatic heterocycles. The first-order valence-corrected chi connectivity index (χ1v) is 7.51. The first-order chi connectivity index (χ1) is 11.9. The average molecular weight is 349 g/mol. The lowest BCUT2D eigenvalue weighted by Gasteiger charge is -2.17. The van der Waals surface area contributed by atoms with Crippen molar-refractivity contribution in [2.45, 2.75) is 12.5 Å². The lowest BCUT2D eigenvalue weighted by Crippen LogP contribution is -2.39. The number of rotatable bonds is 3. The Balaban J connectivity index is 1.61. The van der Waals surface area contributed by atoms with Gasteiger partial charge in [0.05, 0.1) is 6.04 Å². The molecule has 3 amide bonds. The number of hydrogen-bond donors (Lipinski definition) is 2. The van der Waals surface area contributed by atoms with Crippen LogP contribution < -0.4 is 15.5 Å². The largest absolute Gasteiger partial charge is 0.333 e. The molecule has 1 aliphatic rings. The molecule has 25 heavy (non-hydrogen) atoms. The zero-order valence-electron chi connectivity index (χ0n) is 12.9. The highest BCUT2D eigenvalue weighted by molar-refractivity contribution is 5.97. The Bertz CT molecular complexity index is 829. The van der Waals surface area contributed by atoms with E-state index in [2.05, 4.69) is 10.6 Å². The Kier molecular flexibility index (Phi) is 4.60. The van der Waals surface area contributed by atoms with E-state index in [0.29, 0.717) is 5.69 Å². The highest BCUT2D eigenvalue weighted by Gasteiger charge is 2.31. The molecule has 1 aliphatic heterocycles. The Morgan fingerprint density at radius 1 is 1.08 bits per heavy atom. The summed E-state index contributed by atoms with van der Waals surface area (Å²) in [5, 5.41) is 4.95. The van der Waals surface area contributed by atoms with Crippen molar-refractivity contribution in [1.82, 2.24) is 5.32 Å². The second-order valence-corrected chi connectivity index (χ2v) is 5.61. The summed E-state index contributed by atoms with van der Waals surface area (Å²) >= 11 is 0. The zero-order valence-corrected chi connectivity index (χ0v) is 12.9. The summed E-state index contributed by atoms with van der Waals surface area (Å²) in [5.41, 5.74) is 0.498. The molecule has 5 nitrogen and oxygen atoms in total. The van der Waals surface area contributed by atoms with E-state index in [0.717, 1.165) is 12.1 Å². The predicted molar refractivity (Wildman–Crippen MR) is 85.7 cm³/mol. The number of carbonyl (C=O) groups excluding carboxylic acids is 2. The van der Waals surface area contributed by atoms with Gasteiger partial charge in [-0.15, -0.1) is 0 Å². The second kappa shape index (κ2) is 6.84. The highest BCUT2D eigenvalue weighted by Crippen LogP contribution is 2.22. The third kappa shape index (κ3) is 3.90. The van der Waals surface area contributed by atoms with Crippen molar-refractivity contribution in [1.29, 1.82) is 0 Å². The fraction of sp³-hybridized carbons (Fsp3) is 0.176. The SMILES string of the molecule is O=C(Nc1ccc(F)c(F)c1)N[C@H]1CC(=O)N(c2cccc(F)c2)C1. The first-order valence-electron chi connectivity index (χ1n) is 7.51. The van der Waals surface area contributed by atoms with Gasteiger partial charge in [-0.05, 0) is 30.3 Å².